The van der Waals surface area contributed by atoms with Gasteiger partial charge in [0.25, 0.3) is 5.56 Å². The Morgan fingerprint density at radius 1 is 1.16 bits per heavy atom. The number of nitrogens with zero attached hydrogens (tertiary/aromatic N) is 4. The van der Waals surface area contributed by atoms with E-state index >= 15 is 0 Å². The van der Waals surface area contributed by atoms with Crippen molar-refractivity contribution < 1.29 is 13.9 Å². The van der Waals surface area contributed by atoms with E-state index in [9.17, 15) is 18.8 Å². The third-order valence-corrected chi connectivity index (χ3v) is 5.06. The third kappa shape index (κ3) is 3.53. The highest BCUT2D eigenvalue weighted by Gasteiger charge is 2.20. The fourth-order valence-corrected chi connectivity index (χ4v) is 3.56. The van der Waals surface area contributed by atoms with E-state index in [1.54, 1.807) is 28.8 Å². The molecule has 0 unspecified atom stereocenters. The summed E-state index contributed by atoms with van der Waals surface area (Å²) in [6.45, 7) is 3.75. The molecular formula is C23H19FN4O4. The fraction of sp³-hybridized carbons (Fsp3) is 0.130. The molecule has 0 N–H and O–H groups in total. The zero-order valence-electron chi connectivity index (χ0n) is 17.2. The summed E-state index contributed by atoms with van der Waals surface area (Å²) in [6.07, 6.45) is 2.87. The van der Waals surface area contributed by atoms with Crippen LogP contribution in [0.5, 0.6) is 0 Å². The van der Waals surface area contributed by atoms with Crippen molar-refractivity contribution in [3.63, 3.8) is 0 Å². The molecule has 32 heavy (non-hydrogen) atoms. The third-order valence-electron chi connectivity index (χ3n) is 5.06. The maximum absolute atomic E-state index is 13.4. The van der Waals surface area contributed by atoms with E-state index in [0.717, 1.165) is 4.57 Å². The summed E-state index contributed by atoms with van der Waals surface area (Å²) in [6, 6.07) is 12.2. The molecule has 0 bridgehead atoms. The Kier molecular flexibility index (Phi) is 5.55. The van der Waals surface area contributed by atoms with Gasteiger partial charge in [0.1, 0.15) is 5.82 Å². The molecule has 0 aliphatic carbocycles. The Balaban J connectivity index is 1.97. The first-order valence-electron chi connectivity index (χ1n) is 9.70. The van der Waals surface area contributed by atoms with Gasteiger partial charge < -0.3 is 9.30 Å². The molecule has 4 aromatic rings. The maximum atomic E-state index is 13.4. The van der Waals surface area contributed by atoms with Crippen molar-refractivity contribution >= 4 is 17.1 Å². The van der Waals surface area contributed by atoms with E-state index in [4.69, 9.17) is 4.74 Å². The second-order valence-corrected chi connectivity index (χ2v) is 6.99. The zero-order chi connectivity index (χ0) is 22.8. The Labute approximate surface area is 181 Å². The van der Waals surface area contributed by atoms with Crippen molar-refractivity contribution in [2.45, 2.75) is 13.1 Å². The number of allylic oxidation sites excluding steroid dienone is 1. The predicted octanol–water partition coefficient (Wildman–Crippen LogP) is 2.51. The molecule has 2 aromatic carbocycles. The van der Waals surface area contributed by atoms with E-state index in [0.29, 0.717) is 16.8 Å². The second-order valence-electron chi connectivity index (χ2n) is 6.99. The van der Waals surface area contributed by atoms with Crippen molar-refractivity contribution in [3.8, 4) is 5.69 Å². The molecule has 4 rings (SSSR count). The number of hydrogen-bond acceptors (Lipinski definition) is 5. The number of imidazole rings is 1. The van der Waals surface area contributed by atoms with Crippen LogP contribution in [0.1, 0.15) is 15.9 Å². The Morgan fingerprint density at radius 2 is 1.88 bits per heavy atom. The van der Waals surface area contributed by atoms with Crippen LogP contribution in [0, 0.1) is 5.82 Å². The van der Waals surface area contributed by atoms with Crippen LogP contribution in [0.2, 0.25) is 0 Å². The Bertz CT molecular complexity index is 1450. The van der Waals surface area contributed by atoms with Crippen LogP contribution in [-0.4, -0.2) is 31.8 Å². The van der Waals surface area contributed by atoms with Gasteiger partial charge in [-0.2, -0.15) is 0 Å². The molecule has 8 nitrogen and oxygen atoms in total. The van der Waals surface area contributed by atoms with Gasteiger partial charge >= 0.3 is 11.7 Å². The fourth-order valence-electron chi connectivity index (χ4n) is 3.56. The second kappa shape index (κ2) is 8.46. The molecule has 0 saturated heterocycles. The molecule has 0 radical (unpaired) electrons. The molecule has 0 spiro atoms. The SMILES string of the molecule is C=CCn1c(=O)c2c(ncn2Cc2ccccc2C(=O)OC)n(-c2ccc(F)cc2)c1=O. The summed E-state index contributed by atoms with van der Waals surface area (Å²) >= 11 is 0. The van der Waals surface area contributed by atoms with Crippen molar-refractivity contribution in [3.05, 3.63) is 105 Å². The van der Waals surface area contributed by atoms with Crippen molar-refractivity contribution in [1.82, 2.24) is 18.7 Å². The molecule has 0 atom stereocenters. The van der Waals surface area contributed by atoms with Gasteiger partial charge in [0.15, 0.2) is 11.2 Å². The van der Waals surface area contributed by atoms with E-state index in [-0.39, 0.29) is 24.3 Å². The Hall–Kier alpha value is -4.27. The standard InChI is InChI=1S/C23H19FN4O4/c1-3-12-27-21(29)19-20(28(23(27)31)17-10-8-16(24)9-11-17)25-14-26(19)13-15-6-4-5-7-18(15)22(30)32-2/h3-11,14H,1,12-13H2,2H3. The molecule has 0 aliphatic rings. The first-order valence-corrected chi connectivity index (χ1v) is 9.70. The van der Waals surface area contributed by atoms with Gasteiger partial charge in [-0.05, 0) is 35.9 Å². The van der Waals surface area contributed by atoms with E-state index in [1.165, 1.54) is 48.3 Å². The van der Waals surface area contributed by atoms with E-state index < -0.39 is 23.0 Å². The summed E-state index contributed by atoms with van der Waals surface area (Å²) in [5, 5.41) is 0. The van der Waals surface area contributed by atoms with Gasteiger partial charge in [-0.1, -0.05) is 24.3 Å². The molecule has 9 heteroatoms. The quantitative estimate of drug-likeness (QED) is 0.344. The predicted molar refractivity (Wildman–Crippen MR) is 117 cm³/mol. The molecule has 2 heterocycles. The minimum Gasteiger partial charge on any atom is -0.465 e. The van der Waals surface area contributed by atoms with Crippen LogP contribution < -0.4 is 11.2 Å². The van der Waals surface area contributed by atoms with Gasteiger partial charge in [0.05, 0.1) is 31.2 Å². The summed E-state index contributed by atoms with van der Waals surface area (Å²) in [7, 11) is 1.29. The largest absolute Gasteiger partial charge is 0.465 e. The van der Waals surface area contributed by atoms with Crippen LogP contribution >= 0.6 is 0 Å². The minimum absolute atomic E-state index is 0.0151. The van der Waals surface area contributed by atoms with Gasteiger partial charge in [-0.15, -0.1) is 6.58 Å². The number of rotatable bonds is 6. The van der Waals surface area contributed by atoms with Crippen molar-refractivity contribution in [2.24, 2.45) is 0 Å². The number of methoxy groups -OCH3 is 1. The van der Waals surface area contributed by atoms with E-state index in [2.05, 4.69) is 11.6 Å². The van der Waals surface area contributed by atoms with Crippen molar-refractivity contribution in [2.75, 3.05) is 7.11 Å². The number of ether oxygens (including phenoxy) is 1. The molecule has 0 aliphatic heterocycles. The first kappa shape index (κ1) is 21.0. The lowest BCUT2D eigenvalue weighted by Gasteiger charge is -2.12. The average Bonchev–Trinajstić information content (AvgIpc) is 3.21. The summed E-state index contributed by atoms with van der Waals surface area (Å²) in [5.74, 6) is -0.959. The molecular weight excluding hydrogens is 415 g/mol. The highest BCUT2D eigenvalue weighted by Crippen LogP contribution is 2.17. The highest BCUT2D eigenvalue weighted by molar-refractivity contribution is 5.91. The van der Waals surface area contributed by atoms with Crippen LogP contribution in [0.4, 0.5) is 4.39 Å². The Morgan fingerprint density at radius 3 is 2.56 bits per heavy atom. The molecule has 162 valence electrons. The summed E-state index contributed by atoms with van der Waals surface area (Å²) < 4.78 is 22.1. The number of fused-ring (bicyclic) bond motifs is 1. The van der Waals surface area contributed by atoms with Gasteiger partial charge in [0, 0.05) is 6.54 Å². The molecule has 0 amide bonds. The number of carbonyl (C=O) groups excluding carboxylic acids is 1. The molecule has 0 saturated carbocycles. The maximum Gasteiger partial charge on any atom is 0.338 e. The van der Waals surface area contributed by atoms with Gasteiger partial charge in [0.2, 0.25) is 0 Å². The van der Waals surface area contributed by atoms with Crippen LogP contribution in [0.3, 0.4) is 0 Å². The summed E-state index contributed by atoms with van der Waals surface area (Å²) in [4.78, 5) is 42.8. The lowest BCUT2D eigenvalue weighted by atomic mass is 10.1. The monoisotopic (exact) mass is 434 g/mol. The number of aromatic nitrogens is 4. The number of carbonyl (C=O) groups is 1. The topological polar surface area (TPSA) is 88.1 Å². The van der Waals surface area contributed by atoms with Gasteiger partial charge in [-0.25, -0.2) is 23.5 Å². The number of benzene rings is 2. The van der Waals surface area contributed by atoms with Crippen LogP contribution in [-0.2, 0) is 17.8 Å². The summed E-state index contributed by atoms with van der Waals surface area (Å²) in [5.41, 5.74) is 0.464. The van der Waals surface area contributed by atoms with Gasteiger partial charge in [-0.3, -0.25) is 9.36 Å². The zero-order valence-corrected chi connectivity index (χ0v) is 17.2. The first-order chi connectivity index (χ1) is 15.5. The highest BCUT2D eigenvalue weighted by atomic mass is 19.1. The molecule has 0 fully saturated rings. The lowest BCUT2D eigenvalue weighted by Crippen LogP contribution is -2.39. The van der Waals surface area contributed by atoms with Crippen LogP contribution in [0.25, 0.3) is 16.9 Å². The van der Waals surface area contributed by atoms with E-state index in [1.807, 2.05) is 0 Å². The number of halogens is 1. The number of hydrogen-bond donors (Lipinski definition) is 0. The smallest absolute Gasteiger partial charge is 0.338 e. The van der Waals surface area contributed by atoms with Crippen molar-refractivity contribution in [1.29, 1.82) is 0 Å². The minimum atomic E-state index is -0.616. The van der Waals surface area contributed by atoms with Crippen LogP contribution in [0.15, 0.2) is 77.1 Å². The average molecular weight is 434 g/mol. The lowest BCUT2D eigenvalue weighted by molar-refractivity contribution is 0.0599. The normalized spacial score (nSPS) is 10.9. The molecule has 2 aromatic heterocycles. The number of esters is 1.